The van der Waals surface area contributed by atoms with Crippen molar-refractivity contribution in [3.05, 3.63) is 29.6 Å². The van der Waals surface area contributed by atoms with Crippen molar-refractivity contribution in [1.82, 2.24) is 4.90 Å². The molecule has 0 aliphatic carbocycles. The van der Waals surface area contributed by atoms with Gasteiger partial charge in [-0.3, -0.25) is 9.69 Å². The maximum atomic E-state index is 14.0. The molecule has 0 saturated carbocycles. The van der Waals surface area contributed by atoms with Crippen LogP contribution < -0.4 is 4.90 Å². The molecule has 1 aromatic rings. The monoisotopic (exact) mass is 291 g/mol. The highest BCUT2D eigenvalue weighted by atomic mass is 19.1. The van der Waals surface area contributed by atoms with E-state index in [-0.39, 0.29) is 11.8 Å². The van der Waals surface area contributed by atoms with Gasteiger partial charge in [-0.15, -0.1) is 0 Å². The standard InChI is InChI=1S/C15H18FN3O2/c1-21-15(20)4-5-18-6-8-19(9-7-18)14-3-2-12(11-17)10-13(14)16/h2-3,10H,4-9H2,1H3. The van der Waals surface area contributed by atoms with Crippen molar-refractivity contribution in [2.24, 2.45) is 0 Å². The zero-order valence-electron chi connectivity index (χ0n) is 12.0. The topological polar surface area (TPSA) is 56.6 Å². The number of hydrogen-bond acceptors (Lipinski definition) is 5. The predicted octanol–water partition coefficient (Wildman–Crippen LogP) is 1.38. The lowest BCUT2D eigenvalue weighted by molar-refractivity contribution is -0.141. The lowest BCUT2D eigenvalue weighted by atomic mass is 10.2. The quantitative estimate of drug-likeness (QED) is 0.785. The number of benzene rings is 1. The molecule has 6 heteroatoms. The molecule has 0 radical (unpaired) electrons. The third-order valence-electron chi connectivity index (χ3n) is 3.65. The first-order valence-corrected chi connectivity index (χ1v) is 6.88. The zero-order valence-corrected chi connectivity index (χ0v) is 12.0. The molecular formula is C15H18FN3O2. The van der Waals surface area contributed by atoms with Crippen LogP contribution in [0.2, 0.25) is 0 Å². The Morgan fingerprint density at radius 3 is 2.67 bits per heavy atom. The lowest BCUT2D eigenvalue weighted by Gasteiger charge is -2.36. The number of halogens is 1. The number of piperazine rings is 1. The SMILES string of the molecule is COC(=O)CCN1CCN(c2ccc(C#N)cc2F)CC1. The Bertz CT molecular complexity index is 548. The van der Waals surface area contributed by atoms with Gasteiger partial charge in [-0.05, 0) is 18.2 Å². The summed E-state index contributed by atoms with van der Waals surface area (Å²) < 4.78 is 18.6. The molecule has 0 aromatic heterocycles. The van der Waals surface area contributed by atoms with Gasteiger partial charge < -0.3 is 9.64 Å². The second-order valence-electron chi connectivity index (χ2n) is 4.93. The first-order chi connectivity index (χ1) is 10.1. The van der Waals surface area contributed by atoms with E-state index in [1.165, 1.54) is 13.2 Å². The van der Waals surface area contributed by atoms with E-state index in [0.29, 0.717) is 37.3 Å². The van der Waals surface area contributed by atoms with Crippen LogP contribution in [0.15, 0.2) is 18.2 Å². The Hall–Kier alpha value is -2.13. The Morgan fingerprint density at radius 1 is 1.38 bits per heavy atom. The molecule has 0 spiro atoms. The van der Waals surface area contributed by atoms with Gasteiger partial charge >= 0.3 is 5.97 Å². The number of carbonyl (C=O) groups excluding carboxylic acids is 1. The van der Waals surface area contributed by atoms with Crippen LogP contribution >= 0.6 is 0 Å². The van der Waals surface area contributed by atoms with E-state index in [2.05, 4.69) is 9.64 Å². The summed E-state index contributed by atoms with van der Waals surface area (Å²) >= 11 is 0. The van der Waals surface area contributed by atoms with E-state index in [1.54, 1.807) is 12.1 Å². The van der Waals surface area contributed by atoms with Crippen molar-refractivity contribution in [3.63, 3.8) is 0 Å². The molecule has 21 heavy (non-hydrogen) atoms. The summed E-state index contributed by atoms with van der Waals surface area (Å²) in [6, 6.07) is 6.47. The van der Waals surface area contributed by atoms with Crippen molar-refractivity contribution in [3.8, 4) is 6.07 Å². The highest BCUT2D eigenvalue weighted by Crippen LogP contribution is 2.21. The highest BCUT2D eigenvalue weighted by molar-refractivity contribution is 5.69. The summed E-state index contributed by atoms with van der Waals surface area (Å²) in [7, 11) is 1.38. The third-order valence-corrected chi connectivity index (χ3v) is 3.65. The average Bonchev–Trinajstić information content (AvgIpc) is 2.53. The number of carbonyl (C=O) groups is 1. The van der Waals surface area contributed by atoms with E-state index < -0.39 is 0 Å². The maximum absolute atomic E-state index is 14.0. The van der Waals surface area contributed by atoms with Gasteiger partial charge in [0.25, 0.3) is 0 Å². The molecular weight excluding hydrogens is 273 g/mol. The molecule has 0 atom stereocenters. The van der Waals surface area contributed by atoms with Crippen LogP contribution in [0.4, 0.5) is 10.1 Å². The second kappa shape index (κ2) is 7.04. The molecule has 0 unspecified atom stereocenters. The zero-order chi connectivity index (χ0) is 15.2. The predicted molar refractivity (Wildman–Crippen MR) is 76.4 cm³/mol. The van der Waals surface area contributed by atoms with Crippen LogP contribution in [-0.2, 0) is 9.53 Å². The molecule has 0 N–H and O–H groups in total. The van der Waals surface area contributed by atoms with Crippen LogP contribution in [-0.4, -0.2) is 50.7 Å². The number of hydrogen-bond donors (Lipinski definition) is 0. The van der Waals surface area contributed by atoms with Crippen LogP contribution in [0, 0.1) is 17.1 Å². The van der Waals surface area contributed by atoms with Gasteiger partial charge in [0, 0.05) is 32.7 Å². The van der Waals surface area contributed by atoms with Crippen molar-refractivity contribution in [2.45, 2.75) is 6.42 Å². The van der Waals surface area contributed by atoms with Gasteiger partial charge in [0.2, 0.25) is 0 Å². The Balaban J connectivity index is 1.89. The Morgan fingerprint density at radius 2 is 2.10 bits per heavy atom. The average molecular weight is 291 g/mol. The summed E-state index contributed by atoms with van der Waals surface area (Å²) in [5.41, 5.74) is 0.856. The number of nitriles is 1. The fourth-order valence-electron chi connectivity index (χ4n) is 2.40. The van der Waals surface area contributed by atoms with Gasteiger partial charge in [-0.2, -0.15) is 5.26 Å². The van der Waals surface area contributed by atoms with Gasteiger partial charge in [-0.1, -0.05) is 0 Å². The first kappa shape index (κ1) is 15.3. The summed E-state index contributed by atoms with van der Waals surface area (Å²) in [6.07, 6.45) is 0.377. The molecule has 1 aromatic carbocycles. The molecule has 0 amide bonds. The maximum Gasteiger partial charge on any atom is 0.306 e. The van der Waals surface area contributed by atoms with Gasteiger partial charge in [-0.25, -0.2) is 4.39 Å². The summed E-state index contributed by atoms with van der Waals surface area (Å²) in [6.45, 7) is 3.61. The third kappa shape index (κ3) is 3.92. The lowest BCUT2D eigenvalue weighted by Crippen LogP contribution is -2.47. The number of methoxy groups -OCH3 is 1. The minimum Gasteiger partial charge on any atom is -0.469 e. The fourth-order valence-corrected chi connectivity index (χ4v) is 2.40. The van der Waals surface area contributed by atoms with Crippen molar-refractivity contribution >= 4 is 11.7 Å². The Labute approximate surface area is 123 Å². The number of nitrogens with zero attached hydrogens (tertiary/aromatic N) is 3. The minimum absolute atomic E-state index is 0.212. The number of ether oxygens (including phenoxy) is 1. The van der Waals surface area contributed by atoms with E-state index in [0.717, 1.165) is 13.1 Å². The summed E-state index contributed by atoms with van der Waals surface area (Å²) in [4.78, 5) is 15.2. The summed E-state index contributed by atoms with van der Waals surface area (Å²) in [5.74, 6) is -0.576. The largest absolute Gasteiger partial charge is 0.469 e. The van der Waals surface area contributed by atoms with Crippen molar-refractivity contribution < 1.29 is 13.9 Å². The van der Waals surface area contributed by atoms with Crippen LogP contribution in [0.1, 0.15) is 12.0 Å². The summed E-state index contributed by atoms with van der Waals surface area (Å²) in [5, 5.41) is 8.75. The molecule has 1 fully saturated rings. The molecule has 5 nitrogen and oxygen atoms in total. The number of anilines is 1. The molecule has 1 aliphatic heterocycles. The molecule has 2 rings (SSSR count). The van der Waals surface area contributed by atoms with Gasteiger partial charge in [0.1, 0.15) is 5.82 Å². The Kier molecular flexibility index (Phi) is 5.12. The van der Waals surface area contributed by atoms with Gasteiger partial charge in [0.05, 0.1) is 30.9 Å². The smallest absolute Gasteiger partial charge is 0.306 e. The molecule has 0 bridgehead atoms. The van der Waals surface area contributed by atoms with Crippen LogP contribution in [0.25, 0.3) is 0 Å². The second-order valence-corrected chi connectivity index (χ2v) is 4.93. The molecule has 1 heterocycles. The van der Waals surface area contributed by atoms with E-state index >= 15 is 0 Å². The van der Waals surface area contributed by atoms with Crippen molar-refractivity contribution in [2.75, 3.05) is 44.7 Å². The van der Waals surface area contributed by atoms with Crippen molar-refractivity contribution in [1.29, 1.82) is 5.26 Å². The normalized spacial score (nSPS) is 15.6. The molecule has 112 valence electrons. The highest BCUT2D eigenvalue weighted by Gasteiger charge is 2.20. The number of rotatable bonds is 4. The van der Waals surface area contributed by atoms with Crippen LogP contribution in [0.3, 0.4) is 0 Å². The van der Waals surface area contributed by atoms with Crippen LogP contribution in [0.5, 0.6) is 0 Å². The molecule has 1 saturated heterocycles. The molecule has 1 aliphatic rings. The number of esters is 1. The fraction of sp³-hybridized carbons (Fsp3) is 0.467. The van der Waals surface area contributed by atoms with E-state index in [4.69, 9.17) is 5.26 Å². The minimum atomic E-state index is -0.364. The van der Waals surface area contributed by atoms with E-state index in [1.807, 2.05) is 11.0 Å². The first-order valence-electron chi connectivity index (χ1n) is 6.88. The van der Waals surface area contributed by atoms with Gasteiger partial charge in [0.15, 0.2) is 0 Å². The van der Waals surface area contributed by atoms with E-state index in [9.17, 15) is 9.18 Å².